The van der Waals surface area contributed by atoms with Gasteiger partial charge in [0.25, 0.3) is 0 Å². The molecule has 0 unspecified atom stereocenters. The minimum atomic E-state index is -0.455. The van der Waals surface area contributed by atoms with Crippen LogP contribution in [0.5, 0.6) is 0 Å². The van der Waals surface area contributed by atoms with Crippen molar-refractivity contribution in [1.29, 1.82) is 0 Å². The molecule has 10 aromatic carbocycles. The van der Waals surface area contributed by atoms with Crippen molar-refractivity contribution in [1.82, 2.24) is 0 Å². The molecule has 59 heavy (non-hydrogen) atoms. The van der Waals surface area contributed by atoms with Gasteiger partial charge in [-0.15, -0.1) is 0 Å². The van der Waals surface area contributed by atoms with Crippen LogP contribution in [0.15, 0.2) is 249 Å². The zero-order valence-corrected chi connectivity index (χ0v) is 32.0. The van der Waals surface area contributed by atoms with Crippen LogP contribution >= 0.6 is 0 Å². The van der Waals surface area contributed by atoms with Gasteiger partial charge >= 0.3 is 0 Å². The van der Waals surface area contributed by atoms with E-state index in [2.05, 4.69) is 42.5 Å². The Morgan fingerprint density at radius 2 is 0.712 bits per heavy atom. The summed E-state index contributed by atoms with van der Waals surface area (Å²) >= 11 is 0. The predicted molar refractivity (Wildman–Crippen MR) is 251 cm³/mol. The normalized spacial score (nSPS) is 12.9. The molecule has 0 N–H and O–H groups in total. The van der Waals surface area contributed by atoms with Crippen molar-refractivity contribution in [3.8, 4) is 66.8 Å². The van der Waals surface area contributed by atoms with E-state index >= 15 is 0 Å². The molecule has 10 rings (SSSR count). The van der Waals surface area contributed by atoms with Crippen LogP contribution in [0, 0.1) is 0 Å². The lowest BCUT2D eigenvalue weighted by Crippen LogP contribution is -2.10. The van der Waals surface area contributed by atoms with Crippen LogP contribution in [-0.2, 0) is 0 Å². The molecule has 0 aliphatic carbocycles. The lowest BCUT2D eigenvalue weighted by molar-refractivity contribution is 1.28. The first-order valence-electron chi connectivity index (χ1n) is 23.6. The van der Waals surface area contributed by atoms with Crippen molar-refractivity contribution in [2.45, 2.75) is 0 Å². The number of benzene rings is 10. The van der Waals surface area contributed by atoms with E-state index in [4.69, 9.17) is 2.74 Å². The standard InChI is InChI=1S/C58H41N/c1-4-14-42(15-5-1)49-22-12-23-50(36-49)46-28-32-56(33-29-46)59(58-25-13-24-51(41-58)52-27-26-45-20-10-11-21-48(45)37-52)57-34-30-47(31-35-57)55-39-53(43-16-6-2-7-17-43)38-54(40-55)44-18-8-3-9-19-44/h1-41H/i13D,24D,25D,28D,29D,32D,33D,41D. The summed E-state index contributed by atoms with van der Waals surface area (Å²) < 4.78 is 75.9. The SMILES string of the molecule is [2H]c1c([2H])c(-c2ccc3ccccc3c2)c([2H])c(N(c2ccc(-c3cc(-c4ccccc4)cc(-c4ccccc4)c3)cc2)c2c([2H])c([2H])c(-c3cccc(-c4ccccc4)c3)c([2H])c2[2H])c1[2H]. The highest BCUT2D eigenvalue weighted by Crippen LogP contribution is 2.40. The maximum absolute atomic E-state index is 9.84. The van der Waals surface area contributed by atoms with Crippen molar-refractivity contribution in [3.63, 3.8) is 0 Å². The van der Waals surface area contributed by atoms with E-state index in [1.165, 1.54) is 4.90 Å². The van der Waals surface area contributed by atoms with E-state index in [0.717, 1.165) is 55.3 Å². The number of anilines is 3. The summed E-state index contributed by atoms with van der Waals surface area (Å²) in [6.07, 6.45) is 0. The van der Waals surface area contributed by atoms with Crippen molar-refractivity contribution in [2.24, 2.45) is 0 Å². The lowest BCUT2D eigenvalue weighted by atomic mass is 9.93. The maximum atomic E-state index is 9.84. The summed E-state index contributed by atoms with van der Waals surface area (Å²) in [4.78, 5) is 1.40. The molecule has 0 fully saturated rings. The highest BCUT2D eigenvalue weighted by Gasteiger charge is 2.16. The monoisotopic (exact) mass is 759 g/mol. The molecule has 1 nitrogen and oxygen atoms in total. The molecule has 1 heteroatoms. The number of hydrogen-bond donors (Lipinski definition) is 0. The Kier molecular flexibility index (Phi) is 7.54. The molecule has 0 saturated carbocycles. The third-order valence-corrected chi connectivity index (χ3v) is 10.6. The molecule has 278 valence electrons. The Morgan fingerprint density at radius 3 is 1.32 bits per heavy atom. The quantitative estimate of drug-likeness (QED) is 0.142. The van der Waals surface area contributed by atoms with Gasteiger partial charge in [0.15, 0.2) is 0 Å². The van der Waals surface area contributed by atoms with E-state index in [1.54, 1.807) is 24.3 Å². The number of nitrogens with zero attached hydrogens (tertiary/aromatic N) is 1. The molecule has 10 aromatic rings. The topological polar surface area (TPSA) is 3.24 Å². The Bertz CT molecular complexity index is 3400. The van der Waals surface area contributed by atoms with Gasteiger partial charge in [-0.3, -0.25) is 0 Å². The second-order valence-corrected chi connectivity index (χ2v) is 14.4. The molecule has 0 amide bonds. The second kappa shape index (κ2) is 16.0. The molecule has 0 saturated heterocycles. The van der Waals surface area contributed by atoms with Crippen LogP contribution < -0.4 is 4.90 Å². The van der Waals surface area contributed by atoms with Gasteiger partial charge < -0.3 is 4.90 Å². The van der Waals surface area contributed by atoms with E-state index < -0.39 is 12.1 Å². The molecule has 0 atom stereocenters. The van der Waals surface area contributed by atoms with Crippen LogP contribution in [0.2, 0.25) is 0 Å². The Morgan fingerprint density at radius 1 is 0.254 bits per heavy atom. The average molecular weight is 760 g/mol. The van der Waals surface area contributed by atoms with Crippen molar-refractivity contribution >= 4 is 27.8 Å². The summed E-state index contributed by atoms with van der Waals surface area (Å²) in [5, 5.41) is 1.82. The highest BCUT2D eigenvalue weighted by molar-refractivity contribution is 5.89. The van der Waals surface area contributed by atoms with E-state index in [9.17, 15) is 8.22 Å². The lowest BCUT2D eigenvalue weighted by Gasteiger charge is -2.26. The van der Waals surface area contributed by atoms with Gasteiger partial charge in [0.05, 0.1) is 11.0 Å². The van der Waals surface area contributed by atoms with Crippen molar-refractivity contribution in [3.05, 3.63) is 249 Å². The number of fused-ring (bicyclic) bond motifs is 1. The van der Waals surface area contributed by atoms with E-state index in [-0.39, 0.29) is 58.8 Å². The third-order valence-electron chi connectivity index (χ3n) is 10.6. The van der Waals surface area contributed by atoms with Gasteiger partial charge in [-0.25, -0.2) is 0 Å². The highest BCUT2D eigenvalue weighted by atomic mass is 15.1. The molecular formula is C58H41N. The average Bonchev–Trinajstić information content (AvgIpc) is 3.38. The van der Waals surface area contributed by atoms with Gasteiger partial charge in [-0.1, -0.05) is 182 Å². The Balaban J connectivity index is 1.18. The molecule has 0 aromatic heterocycles. The zero-order chi connectivity index (χ0) is 46.3. The smallest absolute Gasteiger partial charge is 0.0651 e. The van der Waals surface area contributed by atoms with Crippen LogP contribution in [0.25, 0.3) is 77.5 Å². The molecule has 0 bridgehead atoms. The minimum Gasteiger partial charge on any atom is -0.310 e. The fourth-order valence-corrected chi connectivity index (χ4v) is 7.54. The molecule has 0 aliphatic heterocycles. The Labute approximate surface area is 358 Å². The fraction of sp³-hybridized carbons (Fsp3) is 0. The van der Waals surface area contributed by atoms with Crippen LogP contribution in [0.4, 0.5) is 17.1 Å². The second-order valence-electron chi connectivity index (χ2n) is 14.4. The number of hydrogen-bond acceptors (Lipinski definition) is 1. The van der Waals surface area contributed by atoms with Crippen molar-refractivity contribution in [2.75, 3.05) is 4.90 Å². The van der Waals surface area contributed by atoms with Crippen LogP contribution in [0.1, 0.15) is 11.0 Å². The van der Waals surface area contributed by atoms with Gasteiger partial charge in [0, 0.05) is 17.1 Å². The zero-order valence-electron chi connectivity index (χ0n) is 40.0. The van der Waals surface area contributed by atoms with Gasteiger partial charge in [-0.2, -0.15) is 0 Å². The van der Waals surface area contributed by atoms with Crippen LogP contribution in [-0.4, -0.2) is 0 Å². The summed E-state index contributed by atoms with van der Waals surface area (Å²) in [5.74, 6) is 0. The largest absolute Gasteiger partial charge is 0.310 e. The van der Waals surface area contributed by atoms with Crippen LogP contribution in [0.3, 0.4) is 0 Å². The number of rotatable bonds is 9. The van der Waals surface area contributed by atoms with E-state index in [0.29, 0.717) is 16.8 Å². The first-order chi connectivity index (χ1) is 32.6. The first kappa shape index (κ1) is 27.8. The summed E-state index contributed by atoms with van der Waals surface area (Å²) in [5.41, 5.74) is 8.96. The van der Waals surface area contributed by atoms with Crippen molar-refractivity contribution < 1.29 is 11.0 Å². The minimum absolute atomic E-state index is 0.107. The van der Waals surface area contributed by atoms with Gasteiger partial charge in [0.2, 0.25) is 0 Å². The van der Waals surface area contributed by atoms with Gasteiger partial charge in [-0.05, 0) is 144 Å². The molecule has 0 radical (unpaired) electrons. The summed E-state index contributed by atoms with van der Waals surface area (Å²) in [6, 6.07) is 61.6. The van der Waals surface area contributed by atoms with Gasteiger partial charge in [0.1, 0.15) is 0 Å². The summed E-state index contributed by atoms with van der Waals surface area (Å²) in [7, 11) is 0. The molecule has 0 aliphatic rings. The summed E-state index contributed by atoms with van der Waals surface area (Å²) in [6.45, 7) is 0. The Hall–Kier alpha value is -7.74. The molecular weight excluding hydrogens is 711 g/mol. The maximum Gasteiger partial charge on any atom is 0.0651 e. The van der Waals surface area contributed by atoms with E-state index in [1.807, 2.05) is 133 Å². The predicted octanol–water partition coefficient (Wildman–Crippen LogP) is 16.3. The first-order valence-corrected chi connectivity index (χ1v) is 19.6. The fourth-order valence-electron chi connectivity index (χ4n) is 7.54. The molecule has 0 spiro atoms. The molecule has 0 heterocycles. The third kappa shape index (κ3) is 7.58.